The number of methoxy groups -OCH3 is 2. The van der Waals surface area contributed by atoms with E-state index in [0.717, 1.165) is 3.57 Å². The van der Waals surface area contributed by atoms with Gasteiger partial charge in [-0.05, 0) is 58.5 Å². The van der Waals surface area contributed by atoms with Crippen LogP contribution in [0.5, 0.6) is 11.5 Å². The third-order valence-corrected chi connectivity index (χ3v) is 3.96. The Bertz CT molecular complexity index is 811. The molecule has 0 aliphatic carbocycles. The molecule has 2 aromatic rings. The summed E-state index contributed by atoms with van der Waals surface area (Å²) in [4.78, 5) is 12.3. The highest BCUT2D eigenvalue weighted by Crippen LogP contribution is 2.34. The van der Waals surface area contributed by atoms with Crippen LogP contribution in [-0.4, -0.2) is 20.1 Å². The van der Waals surface area contributed by atoms with E-state index in [-0.39, 0.29) is 5.57 Å². The number of para-hydroxylation sites is 1. The normalized spacial score (nSPS) is 10.7. The van der Waals surface area contributed by atoms with Crippen LogP contribution in [-0.2, 0) is 4.79 Å². The number of amides is 1. The minimum absolute atomic E-state index is 0.00173. The fourth-order valence-electron chi connectivity index (χ4n) is 2.06. The van der Waals surface area contributed by atoms with E-state index in [1.807, 2.05) is 30.3 Å². The SMILES string of the molecule is COc1cc(C=C(C#N)C(=O)Nc2ccccc2)cc(I)c1OC. The Kier molecular flexibility index (Phi) is 6.21. The van der Waals surface area contributed by atoms with E-state index < -0.39 is 5.91 Å². The Hall–Kier alpha value is -2.53. The number of anilines is 1. The molecular weight excluding hydrogens is 419 g/mol. The Labute approximate surface area is 154 Å². The zero-order valence-corrected chi connectivity index (χ0v) is 15.3. The van der Waals surface area contributed by atoms with E-state index in [2.05, 4.69) is 27.9 Å². The molecule has 0 aliphatic heterocycles. The number of rotatable bonds is 5. The van der Waals surface area contributed by atoms with Gasteiger partial charge in [-0.1, -0.05) is 18.2 Å². The van der Waals surface area contributed by atoms with Gasteiger partial charge in [-0.25, -0.2) is 0 Å². The molecule has 0 atom stereocenters. The third-order valence-electron chi connectivity index (χ3n) is 3.16. The van der Waals surface area contributed by atoms with Crippen LogP contribution in [0.4, 0.5) is 5.69 Å². The number of nitriles is 1. The van der Waals surface area contributed by atoms with Crippen LogP contribution in [0, 0.1) is 14.9 Å². The average molecular weight is 434 g/mol. The van der Waals surface area contributed by atoms with Crippen molar-refractivity contribution in [3.8, 4) is 17.6 Å². The Morgan fingerprint density at radius 2 is 1.92 bits per heavy atom. The van der Waals surface area contributed by atoms with Gasteiger partial charge in [-0.2, -0.15) is 5.26 Å². The van der Waals surface area contributed by atoms with E-state index in [0.29, 0.717) is 22.7 Å². The topological polar surface area (TPSA) is 71.3 Å². The summed E-state index contributed by atoms with van der Waals surface area (Å²) < 4.78 is 11.4. The first kappa shape index (κ1) is 17.8. The molecule has 0 heterocycles. The fourth-order valence-corrected chi connectivity index (χ4v) is 2.90. The largest absolute Gasteiger partial charge is 0.493 e. The molecule has 5 nitrogen and oxygen atoms in total. The van der Waals surface area contributed by atoms with Crippen molar-refractivity contribution < 1.29 is 14.3 Å². The van der Waals surface area contributed by atoms with Crippen LogP contribution in [0.1, 0.15) is 5.56 Å². The molecule has 0 unspecified atom stereocenters. The van der Waals surface area contributed by atoms with Gasteiger partial charge in [0, 0.05) is 5.69 Å². The van der Waals surface area contributed by atoms with Crippen LogP contribution in [0.15, 0.2) is 48.0 Å². The van der Waals surface area contributed by atoms with Gasteiger partial charge >= 0.3 is 0 Å². The third kappa shape index (κ3) is 4.26. The maximum Gasteiger partial charge on any atom is 0.266 e. The number of nitrogens with zero attached hydrogens (tertiary/aromatic N) is 1. The first-order valence-corrected chi connectivity index (χ1v) is 8.06. The first-order valence-electron chi connectivity index (χ1n) is 6.98. The quantitative estimate of drug-likeness (QED) is 0.441. The molecule has 2 aromatic carbocycles. The summed E-state index contributed by atoms with van der Waals surface area (Å²) in [5, 5.41) is 12.0. The van der Waals surface area contributed by atoms with Gasteiger partial charge in [0.1, 0.15) is 11.6 Å². The summed E-state index contributed by atoms with van der Waals surface area (Å²) in [5.74, 6) is 0.687. The molecule has 122 valence electrons. The van der Waals surface area contributed by atoms with Crippen molar-refractivity contribution >= 4 is 40.3 Å². The molecule has 0 bridgehead atoms. The average Bonchev–Trinajstić information content (AvgIpc) is 2.59. The summed E-state index contributed by atoms with van der Waals surface area (Å²) in [6, 6.07) is 14.4. The standard InChI is InChI=1S/C18H15IN2O3/c1-23-16-10-12(9-15(19)17(16)24-2)8-13(11-20)18(22)21-14-6-4-3-5-7-14/h3-10H,1-2H3,(H,21,22). The van der Waals surface area contributed by atoms with Crippen LogP contribution in [0.2, 0.25) is 0 Å². The molecule has 1 amide bonds. The predicted molar refractivity (Wildman–Crippen MR) is 101 cm³/mol. The number of hydrogen-bond acceptors (Lipinski definition) is 4. The molecule has 0 aromatic heterocycles. The molecule has 0 aliphatic rings. The number of carbonyl (C=O) groups is 1. The van der Waals surface area contributed by atoms with Crippen LogP contribution < -0.4 is 14.8 Å². The van der Waals surface area contributed by atoms with Gasteiger partial charge in [-0.3, -0.25) is 4.79 Å². The van der Waals surface area contributed by atoms with Gasteiger partial charge in [0.25, 0.3) is 5.91 Å². The summed E-state index contributed by atoms with van der Waals surface area (Å²) >= 11 is 2.11. The Balaban J connectivity index is 2.32. The molecular formula is C18H15IN2O3. The maximum absolute atomic E-state index is 12.3. The molecule has 1 N–H and O–H groups in total. The second-order valence-electron chi connectivity index (χ2n) is 4.73. The molecule has 0 saturated heterocycles. The van der Waals surface area contributed by atoms with Gasteiger partial charge in [0.2, 0.25) is 0 Å². The zero-order chi connectivity index (χ0) is 17.5. The number of hydrogen-bond donors (Lipinski definition) is 1. The van der Waals surface area contributed by atoms with Gasteiger partial charge in [0.15, 0.2) is 11.5 Å². The first-order chi connectivity index (χ1) is 11.6. The molecule has 2 rings (SSSR count). The summed E-state index contributed by atoms with van der Waals surface area (Å²) in [5.41, 5.74) is 1.31. The van der Waals surface area contributed by atoms with Gasteiger partial charge < -0.3 is 14.8 Å². The number of carbonyl (C=O) groups excluding carboxylic acids is 1. The highest BCUT2D eigenvalue weighted by Gasteiger charge is 2.13. The highest BCUT2D eigenvalue weighted by atomic mass is 127. The van der Waals surface area contributed by atoms with Crippen molar-refractivity contribution in [1.82, 2.24) is 0 Å². The second-order valence-corrected chi connectivity index (χ2v) is 5.89. The molecule has 0 fully saturated rings. The molecule has 6 heteroatoms. The zero-order valence-electron chi connectivity index (χ0n) is 13.2. The van der Waals surface area contributed by atoms with Gasteiger partial charge in [0.05, 0.1) is 17.8 Å². The van der Waals surface area contributed by atoms with E-state index in [1.165, 1.54) is 13.2 Å². The molecule has 0 radical (unpaired) electrons. The molecule has 0 saturated carbocycles. The van der Waals surface area contributed by atoms with E-state index in [4.69, 9.17) is 9.47 Å². The lowest BCUT2D eigenvalue weighted by Gasteiger charge is -2.11. The van der Waals surface area contributed by atoms with Gasteiger partial charge in [-0.15, -0.1) is 0 Å². The lowest BCUT2D eigenvalue weighted by Crippen LogP contribution is -2.13. The summed E-state index contributed by atoms with van der Waals surface area (Å²) in [6.07, 6.45) is 1.52. The van der Waals surface area contributed by atoms with Crippen LogP contribution >= 0.6 is 22.6 Å². The maximum atomic E-state index is 12.3. The summed E-state index contributed by atoms with van der Waals surface area (Å²) in [6.45, 7) is 0. The van der Waals surface area contributed by atoms with E-state index >= 15 is 0 Å². The van der Waals surface area contributed by atoms with Crippen molar-refractivity contribution in [3.05, 3.63) is 57.2 Å². The van der Waals surface area contributed by atoms with Crippen LogP contribution in [0.25, 0.3) is 6.08 Å². The van der Waals surface area contributed by atoms with Crippen molar-refractivity contribution in [2.75, 3.05) is 19.5 Å². The minimum atomic E-state index is -0.464. The second kappa shape index (κ2) is 8.36. The fraction of sp³-hybridized carbons (Fsp3) is 0.111. The predicted octanol–water partition coefficient (Wildman–Crippen LogP) is 3.85. The smallest absolute Gasteiger partial charge is 0.266 e. The number of benzene rings is 2. The minimum Gasteiger partial charge on any atom is -0.493 e. The van der Waals surface area contributed by atoms with Crippen molar-refractivity contribution in [2.45, 2.75) is 0 Å². The Morgan fingerprint density at radius 3 is 2.50 bits per heavy atom. The Morgan fingerprint density at radius 1 is 1.21 bits per heavy atom. The van der Waals surface area contributed by atoms with E-state index in [9.17, 15) is 10.1 Å². The van der Waals surface area contributed by atoms with E-state index in [1.54, 1.807) is 25.3 Å². The summed E-state index contributed by atoms with van der Waals surface area (Å²) in [7, 11) is 3.10. The lowest BCUT2D eigenvalue weighted by molar-refractivity contribution is -0.112. The van der Waals surface area contributed by atoms with Crippen molar-refractivity contribution in [3.63, 3.8) is 0 Å². The molecule has 0 spiro atoms. The monoisotopic (exact) mass is 434 g/mol. The number of ether oxygens (including phenoxy) is 2. The van der Waals surface area contributed by atoms with Crippen molar-refractivity contribution in [2.24, 2.45) is 0 Å². The van der Waals surface area contributed by atoms with Crippen LogP contribution in [0.3, 0.4) is 0 Å². The lowest BCUT2D eigenvalue weighted by atomic mass is 10.1. The highest BCUT2D eigenvalue weighted by molar-refractivity contribution is 14.1. The number of halogens is 1. The molecule has 24 heavy (non-hydrogen) atoms. The number of nitrogens with one attached hydrogen (secondary N) is 1. The van der Waals surface area contributed by atoms with Crippen molar-refractivity contribution in [1.29, 1.82) is 5.26 Å².